The van der Waals surface area contributed by atoms with Gasteiger partial charge in [-0.25, -0.2) is 0 Å². The molecule has 1 aromatic heterocycles. The van der Waals surface area contributed by atoms with Gasteiger partial charge in [0.1, 0.15) is 24.1 Å². The predicted octanol–water partition coefficient (Wildman–Crippen LogP) is 2.06. The Bertz CT molecular complexity index is 927. The molecule has 2 aromatic rings. The van der Waals surface area contributed by atoms with Gasteiger partial charge >= 0.3 is 0 Å². The molecule has 27 heavy (non-hydrogen) atoms. The van der Waals surface area contributed by atoms with Crippen LogP contribution < -0.4 is 10.1 Å². The lowest BCUT2D eigenvalue weighted by atomic mass is 10.0. The van der Waals surface area contributed by atoms with Crippen molar-refractivity contribution >= 4 is 11.8 Å². The molecule has 1 atom stereocenters. The molecule has 1 fully saturated rings. The minimum atomic E-state index is -0.471. The molecule has 2 aliphatic rings. The van der Waals surface area contributed by atoms with E-state index < -0.39 is 6.04 Å². The molecular weight excluding hydrogens is 344 g/mol. The van der Waals surface area contributed by atoms with E-state index in [-0.39, 0.29) is 11.8 Å². The zero-order chi connectivity index (χ0) is 19.1. The fourth-order valence-electron chi connectivity index (χ4n) is 3.63. The summed E-state index contributed by atoms with van der Waals surface area (Å²) in [5.41, 5.74) is 4.02. The molecule has 2 amide bonds. The summed E-state index contributed by atoms with van der Waals surface area (Å²) in [6.45, 7) is 6.48. The normalized spacial score (nSPS) is 19.3. The number of nitrogens with one attached hydrogen (secondary N) is 1. The Kier molecular flexibility index (Phi) is 4.22. The number of benzene rings is 1. The molecule has 7 heteroatoms. The summed E-state index contributed by atoms with van der Waals surface area (Å²) in [7, 11) is 1.89. The lowest BCUT2D eigenvalue weighted by Crippen LogP contribution is -2.49. The van der Waals surface area contributed by atoms with Gasteiger partial charge in [-0.05, 0) is 38.0 Å². The first kappa shape index (κ1) is 17.3. The van der Waals surface area contributed by atoms with Crippen molar-refractivity contribution in [3.8, 4) is 5.75 Å². The third-order valence-electron chi connectivity index (χ3n) is 5.19. The Balaban J connectivity index is 1.53. The largest absolute Gasteiger partial charge is 0.487 e. The van der Waals surface area contributed by atoms with Crippen LogP contribution in [0.4, 0.5) is 0 Å². The van der Waals surface area contributed by atoms with E-state index in [4.69, 9.17) is 4.74 Å². The molecule has 1 saturated heterocycles. The van der Waals surface area contributed by atoms with E-state index in [1.54, 1.807) is 15.6 Å². The molecule has 0 bridgehead atoms. The fourth-order valence-corrected chi connectivity index (χ4v) is 3.63. The summed E-state index contributed by atoms with van der Waals surface area (Å²) in [6, 6.07) is 6.95. The van der Waals surface area contributed by atoms with Crippen molar-refractivity contribution in [3.63, 3.8) is 0 Å². The van der Waals surface area contributed by atoms with Gasteiger partial charge in [-0.2, -0.15) is 5.10 Å². The number of allylic oxidation sites excluding steroid dienone is 1. The lowest BCUT2D eigenvalue weighted by molar-refractivity contribution is -0.126. The SMILES string of the molecule is C=C1CCC(N2Cc3c(OCc4cc(C)n(C)n4)cccc3C2=O)C(=O)N1. The molecule has 3 heterocycles. The summed E-state index contributed by atoms with van der Waals surface area (Å²) in [6.07, 6.45) is 1.27. The first-order chi connectivity index (χ1) is 12.9. The Labute approximate surface area is 157 Å². The summed E-state index contributed by atoms with van der Waals surface area (Å²) >= 11 is 0. The molecule has 7 nitrogen and oxygen atoms in total. The van der Waals surface area contributed by atoms with Crippen molar-refractivity contribution in [1.82, 2.24) is 20.0 Å². The highest BCUT2D eigenvalue weighted by Crippen LogP contribution is 2.34. The van der Waals surface area contributed by atoms with Crippen LogP contribution in [0, 0.1) is 6.92 Å². The van der Waals surface area contributed by atoms with Crippen molar-refractivity contribution in [2.24, 2.45) is 7.05 Å². The number of piperidine rings is 1. The Morgan fingerprint density at radius 3 is 2.89 bits per heavy atom. The van der Waals surface area contributed by atoms with Crippen LogP contribution in [0.5, 0.6) is 5.75 Å². The van der Waals surface area contributed by atoms with E-state index in [0.29, 0.717) is 43.0 Å². The number of ether oxygens (including phenoxy) is 1. The second-order valence-corrected chi connectivity index (χ2v) is 7.05. The van der Waals surface area contributed by atoms with Crippen LogP contribution >= 0.6 is 0 Å². The number of amides is 2. The molecule has 1 unspecified atom stereocenters. The highest BCUT2D eigenvalue weighted by molar-refractivity contribution is 6.02. The van der Waals surface area contributed by atoms with Crippen LogP contribution in [0.1, 0.15) is 40.2 Å². The average Bonchev–Trinajstić information content (AvgIpc) is 3.13. The number of rotatable bonds is 4. The molecule has 0 spiro atoms. The van der Waals surface area contributed by atoms with Gasteiger partial charge < -0.3 is 15.0 Å². The molecular formula is C20H22N4O3. The first-order valence-electron chi connectivity index (χ1n) is 8.98. The number of aromatic nitrogens is 2. The van der Waals surface area contributed by atoms with Crippen LogP contribution in [0.25, 0.3) is 0 Å². The molecule has 1 aromatic carbocycles. The number of aryl methyl sites for hydroxylation is 2. The summed E-state index contributed by atoms with van der Waals surface area (Å²) in [5.74, 6) is 0.364. The van der Waals surface area contributed by atoms with E-state index in [1.165, 1.54) is 0 Å². The fraction of sp³-hybridized carbons (Fsp3) is 0.350. The van der Waals surface area contributed by atoms with Gasteiger partial charge in [0.25, 0.3) is 5.91 Å². The second kappa shape index (κ2) is 6.57. The highest BCUT2D eigenvalue weighted by Gasteiger charge is 2.39. The molecule has 0 radical (unpaired) electrons. The van der Waals surface area contributed by atoms with Crippen LogP contribution in [0.3, 0.4) is 0 Å². The summed E-state index contributed by atoms with van der Waals surface area (Å²) in [4.78, 5) is 26.8. The monoisotopic (exact) mass is 366 g/mol. The second-order valence-electron chi connectivity index (χ2n) is 7.05. The molecule has 0 aliphatic carbocycles. The molecule has 4 rings (SSSR count). The van der Waals surface area contributed by atoms with Crippen LogP contribution in [-0.2, 0) is 25.0 Å². The van der Waals surface area contributed by atoms with E-state index in [9.17, 15) is 9.59 Å². The van der Waals surface area contributed by atoms with E-state index >= 15 is 0 Å². The van der Waals surface area contributed by atoms with Crippen molar-refractivity contribution in [2.45, 2.75) is 39.0 Å². The van der Waals surface area contributed by atoms with Crippen molar-refractivity contribution in [3.05, 3.63) is 59.1 Å². The van der Waals surface area contributed by atoms with Gasteiger partial charge in [-0.15, -0.1) is 0 Å². The van der Waals surface area contributed by atoms with Gasteiger partial charge in [0.2, 0.25) is 5.91 Å². The lowest BCUT2D eigenvalue weighted by Gasteiger charge is -2.31. The van der Waals surface area contributed by atoms with Crippen molar-refractivity contribution in [2.75, 3.05) is 0 Å². The van der Waals surface area contributed by atoms with E-state index in [0.717, 1.165) is 17.0 Å². The van der Waals surface area contributed by atoms with E-state index in [1.807, 2.05) is 32.2 Å². The van der Waals surface area contributed by atoms with Gasteiger partial charge in [-0.3, -0.25) is 14.3 Å². The van der Waals surface area contributed by atoms with Gasteiger partial charge in [-0.1, -0.05) is 12.6 Å². The van der Waals surface area contributed by atoms with Gasteiger partial charge in [0.15, 0.2) is 0 Å². The maximum Gasteiger partial charge on any atom is 0.255 e. The number of fused-ring (bicyclic) bond motifs is 1. The number of nitrogens with zero attached hydrogens (tertiary/aromatic N) is 3. The molecule has 0 saturated carbocycles. The average molecular weight is 366 g/mol. The molecule has 2 aliphatic heterocycles. The standard InChI is InChI=1S/C20H22N4O3/c1-12-7-8-17(19(25)21-12)24-10-16-15(20(24)26)5-4-6-18(16)27-11-14-9-13(2)23(3)22-14/h4-6,9,17H,1,7-8,10-11H2,2-3H3,(H,21,25). The zero-order valence-corrected chi connectivity index (χ0v) is 15.5. The Hall–Kier alpha value is -3.09. The van der Waals surface area contributed by atoms with Gasteiger partial charge in [0, 0.05) is 29.6 Å². The van der Waals surface area contributed by atoms with Gasteiger partial charge in [0.05, 0.1) is 6.54 Å². The Morgan fingerprint density at radius 2 is 2.19 bits per heavy atom. The van der Waals surface area contributed by atoms with Crippen molar-refractivity contribution in [1.29, 1.82) is 0 Å². The summed E-state index contributed by atoms with van der Waals surface area (Å²) in [5, 5.41) is 7.15. The number of hydrogen-bond donors (Lipinski definition) is 1. The third-order valence-corrected chi connectivity index (χ3v) is 5.19. The number of carbonyl (C=O) groups is 2. The quantitative estimate of drug-likeness (QED) is 0.899. The topological polar surface area (TPSA) is 76.5 Å². The van der Waals surface area contributed by atoms with Crippen LogP contribution in [0.2, 0.25) is 0 Å². The Morgan fingerprint density at radius 1 is 1.37 bits per heavy atom. The molecule has 140 valence electrons. The predicted molar refractivity (Wildman–Crippen MR) is 98.9 cm³/mol. The minimum absolute atomic E-state index is 0.128. The highest BCUT2D eigenvalue weighted by atomic mass is 16.5. The smallest absolute Gasteiger partial charge is 0.255 e. The minimum Gasteiger partial charge on any atom is -0.487 e. The first-order valence-corrected chi connectivity index (χ1v) is 8.98. The van der Waals surface area contributed by atoms with E-state index in [2.05, 4.69) is 17.0 Å². The third kappa shape index (κ3) is 3.09. The zero-order valence-electron chi connectivity index (χ0n) is 15.5. The summed E-state index contributed by atoms with van der Waals surface area (Å²) < 4.78 is 7.76. The maximum atomic E-state index is 12.8. The number of carbonyl (C=O) groups excluding carboxylic acids is 2. The van der Waals surface area contributed by atoms with Crippen molar-refractivity contribution < 1.29 is 14.3 Å². The van der Waals surface area contributed by atoms with Crippen LogP contribution in [0.15, 0.2) is 36.5 Å². The molecule has 1 N–H and O–H groups in total. The van der Waals surface area contributed by atoms with Crippen LogP contribution in [-0.4, -0.2) is 32.5 Å². The number of hydrogen-bond acceptors (Lipinski definition) is 4. The maximum absolute atomic E-state index is 12.8.